The molecular weight excluding hydrogens is 319 g/mol. The summed E-state index contributed by atoms with van der Waals surface area (Å²) in [6.07, 6.45) is 9.42. The van der Waals surface area contributed by atoms with Crippen LogP contribution in [0.1, 0.15) is 31.2 Å². The Balaban J connectivity index is 1.92. The van der Waals surface area contributed by atoms with Crippen molar-refractivity contribution >= 4 is 40.5 Å². The fourth-order valence-corrected chi connectivity index (χ4v) is 2.88. The first-order valence-electron chi connectivity index (χ1n) is 7.37. The summed E-state index contributed by atoms with van der Waals surface area (Å²) in [6.45, 7) is 0.862. The van der Waals surface area contributed by atoms with E-state index in [2.05, 4.69) is 4.99 Å². The zero-order chi connectivity index (χ0) is 15.5. The van der Waals surface area contributed by atoms with E-state index in [1.54, 1.807) is 6.07 Å². The molecule has 0 radical (unpaired) electrons. The summed E-state index contributed by atoms with van der Waals surface area (Å²) in [5.41, 5.74) is 2.03. The minimum atomic E-state index is -0.0436. The Morgan fingerprint density at radius 3 is 2.73 bits per heavy atom. The molecular formula is C17H16Cl2N2O. The number of nitrogens with zero attached hydrogens (tertiary/aromatic N) is 2. The lowest BCUT2D eigenvalue weighted by molar-refractivity contribution is -0.117. The number of carbonyl (C=O) groups is 1. The highest BCUT2D eigenvalue weighted by Gasteiger charge is 2.16. The molecule has 0 unspecified atom stereocenters. The number of allylic oxidation sites excluding steroid dienone is 2. The molecule has 0 atom stereocenters. The van der Waals surface area contributed by atoms with Crippen LogP contribution in [0.15, 0.2) is 41.5 Å². The van der Waals surface area contributed by atoms with Crippen LogP contribution in [0.5, 0.6) is 0 Å². The molecule has 3 nitrogen and oxygen atoms in total. The van der Waals surface area contributed by atoms with E-state index < -0.39 is 0 Å². The van der Waals surface area contributed by atoms with Gasteiger partial charge < -0.3 is 4.90 Å². The molecule has 5 heteroatoms. The van der Waals surface area contributed by atoms with Gasteiger partial charge in [0.2, 0.25) is 5.91 Å². The number of benzene rings is 1. The highest BCUT2D eigenvalue weighted by Crippen LogP contribution is 2.28. The van der Waals surface area contributed by atoms with Crippen LogP contribution in [-0.2, 0) is 4.79 Å². The maximum absolute atomic E-state index is 11.8. The first kappa shape index (κ1) is 15.3. The molecule has 22 heavy (non-hydrogen) atoms. The molecule has 0 aromatic heterocycles. The quantitative estimate of drug-likeness (QED) is 0.745. The minimum absolute atomic E-state index is 0.0436. The van der Waals surface area contributed by atoms with Gasteiger partial charge in [0.1, 0.15) is 5.84 Å². The number of halogens is 2. The zero-order valence-corrected chi connectivity index (χ0v) is 13.6. The molecule has 2 heterocycles. The van der Waals surface area contributed by atoms with Crippen molar-refractivity contribution in [3.05, 3.63) is 52.2 Å². The first-order valence-corrected chi connectivity index (χ1v) is 8.12. The second-order valence-electron chi connectivity index (χ2n) is 5.41. The fraction of sp³-hybridized carbons (Fsp3) is 0.294. The van der Waals surface area contributed by atoms with Crippen molar-refractivity contribution in [2.75, 3.05) is 6.54 Å². The molecule has 114 valence electrons. The lowest BCUT2D eigenvalue weighted by atomic mass is 10.0. The predicted molar refractivity (Wildman–Crippen MR) is 91.2 cm³/mol. The van der Waals surface area contributed by atoms with Crippen LogP contribution >= 0.6 is 23.2 Å². The molecule has 0 spiro atoms. The Hall–Kier alpha value is -1.58. The average molecular weight is 335 g/mol. The number of hydrogen-bond donors (Lipinski definition) is 0. The van der Waals surface area contributed by atoms with E-state index in [1.807, 2.05) is 35.4 Å². The van der Waals surface area contributed by atoms with Gasteiger partial charge in [-0.3, -0.25) is 4.79 Å². The van der Waals surface area contributed by atoms with Gasteiger partial charge in [0.05, 0.1) is 10.0 Å². The highest BCUT2D eigenvalue weighted by atomic mass is 35.5. The standard InChI is InChI=1S/C17H16Cl2N2O/c18-14-7-5-12(10-15(14)19)13-6-8-16-20-17(22)4-2-1-3-9-21(16)11-13/h5-8,10-11H,1-4,9H2. The van der Waals surface area contributed by atoms with Crippen molar-refractivity contribution in [3.8, 4) is 0 Å². The van der Waals surface area contributed by atoms with Gasteiger partial charge in [-0.1, -0.05) is 35.7 Å². The van der Waals surface area contributed by atoms with Crippen LogP contribution in [0.4, 0.5) is 0 Å². The van der Waals surface area contributed by atoms with E-state index in [1.165, 1.54) is 0 Å². The van der Waals surface area contributed by atoms with E-state index in [0.29, 0.717) is 16.5 Å². The summed E-state index contributed by atoms with van der Waals surface area (Å²) in [4.78, 5) is 18.0. The molecule has 0 saturated heterocycles. The monoisotopic (exact) mass is 334 g/mol. The van der Waals surface area contributed by atoms with Crippen molar-refractivity contribution in [2.24, 2.45) is 4.99 Å². The Labute approximate surface area is 139 Å². The van der Waals surface area contributed by atoms with E-state index in [0.717, 1.165) is 42.8 Å². The van der Waals surface area contributed by atoms with Gasteiger partial charge in [0.15, 0.2) is 0 Å². The van der Waals surface area contributed by atoms with Gasteiger partial charge in [-0.15, -0.1) is 0 Å². The first-order chi connectivity index (χ1) is 10.6. The highest BCUT2D eigenvalue weighted by molar-refractivity contribution is 6.42. The van der Waals surface area contributed by atoms with Gasteiger partial charge in [-0.05, 0) is 48.3 Å². The lowest BCUT2D eigenvalue weighted by Crippen LogP contribution is -2.28. The molecule has 0 N–H and O–H groups in total. The van der Waals surface area contributed by atoms with Gasteiger partial charge in [0.25, 0.3) is 0 Å². The third kappa shape index (κ3) is 3.42. The molecule has 0 fully saturated rings. The van der Waals surface area contributed by atoms with Crippen LogP contribution in [0.2, 0.25) is 10.0 Å². The predicted octanol–water partition coefficient (Wildman–Crippen LogP) is 4.71. The normalized spacial score (nSPS) is 18.8. The van der Waals surface area contributed by atoms with E-state index in [4.69, 9.17) is 23.2 Å². The van der Waals surface area contributed by atoms with E-state index in [-0.39, 0.29) is 5.91 Å². The topological polar surface area (TPSA) is 32.7 Å². The number of fused-ring (bicyclic) bond motifs is 1. The number of hydrogen-bond acceptors (Lipinski definition) is 2. The largest absolute Gasteiger partial charge is 0.332 e. The summed E-state index contributed by atoms with van der Waals surface area (Å²) in [7, 11) is 0. The van der Waals surface area contributed by atoms with E-state index in [9.17, 15) is 4.79 Å². The third-order valence-electron chi connectivity index (χ3n) is 3.78. The Bertz CT molecular complexity index is 692. The average Bonchev–Trinajstić information content (AvgIpc) is 2.59. The van der Waals surface area contributed by atoms with Crippen LogP contribution in [-0.4, -0.2) is 23.2 Å². The number of rotatable bonds is 1. The molecule has 1 aromatic rings. The maximum Gasteiger partial charge on any atom is 0.247 e. The molecule has 0 bridgehead atoms. The number of aliphatic imine (C=N–C) groups is 1. The summed E-state index contributed by atoms with van der Waals surface area (Å²) in [5.74, 6) is 0.675. The SMILES string of the molecule is O=C1CCCCCN2C=C(c3ccc(Cl)c(Cl)c3)C=CC2=N1. The summed E-state index contributed by atoms with van der Waals surface area (Å²) in [5, 5.41) is 1.08. The Kier molecular flexibility index (Phi) is 4.65. The second kappa shape index (κ2) is 6.67. The van der Waals surface area contributed by atoms with Crippen LogP contribution in [0.25, 0.3) is 5.57 Å². The van der Waals surface area contributed by atoms with Crippen LogP contribution < -0.4 is 0 Å². The summed E-state index contributed by atoms with van der Waals surface area (Å²) in [6, 6.07) is 5.58. The number of amidine groups is 1. The molecule has 1 amide bonds. The summed E-state index contributed by atoms with van der Waals surface area (Å²) >= 11 is 12.1. The van der Waals surface area contributed by atoms with Crippen LogP contribution in [0, 0.1) is 0 Å². The molecule has 0 aliphatic carbocycles. The van der Waals surface area contributed by atoms with Gasteiger partial charge >= 0.3 is 0 Å². The lowest BCUT2D eigenvalue weighted by Gasteiger charge is -2.24. The Morgan fingerprint density at radius 2 is 1.91 bits per heavy atom. The smallest absolute Gasteiger partial charge is 0.247 e. The van der Waals surface area contributed by atoms with Gasteiger partial charge in [-0.2, -0.15) is 4.99 Å². The molecule has 3 rings (SSSR count). The third-order valence-corrected chi connectivity index (χ3v) is 4.52. The molecule has 0 saturated carbocycles. The summed E-state index contributed by atoms with van der Waals surface area (Å²) < 4.78 is 0. The van der Waals surface area contributed by atoms with Crippen molar-refractivity contribution in [1.29, 1.82) is 0 Å². The zero-order valence-electron chi connectivity index (χ0n) is 12.1. The van der Waals surface area contributed by atoms with Crippen molar-refractivity contribution in [3.63, 3.8) is 0 Å². The maximum atomic E-state index is 11.8. The van der Waals surface area contributed by atoms with Gasteiger partial charge in [0, 0.05) is 19.2 Å². The van der Waals surface area contributed by atoms with Crippen molar-refractivity contribution < 1.29 is 4.79 Å². The molecule has 2 aliphatic heterocycles. The minimum Gasteiger partial charge on any atom is -0.332 e. The molecule has 2 aliphatic rings. The fourth-order valence-electron chi connectivity index (χ4n) is 2.58. The van der Waals surface area contributed by atoms with Gasteiger partial charge in [-0.25, -0.2) is 0 Å². The number of carbonyl (C=O) groups excluding carboxylic acids is 1. The second-order valence-corrected chi connectivity index (χ2v) is 6.23. The Morgan fingerprint density at radius 1 is 1.05 bits per heavy atom. The van der Waals surface area contributed by atoms with E-state index >= 15 is 0 Å². The van der Waals surface area contributed by atoms with Crippen molar-refractivity contribution in [1.82, 2.24) is 4.90 Å². The van der Waals surface area contributed by atoms with Crippen molar-refractivity contribution in [2.45, 2.75) is 25.7 Å². The number of amides is 1. The molecule has 1 aromatic carbocycles. The van der Waals surface area contributed by atoms with Crippen LogP contribution in [0.3, 0.4) is 0 Å².